The molecule has 0 aromatic carbocycles. The maximum absolute atomic E-state index is 11.9. The third kappa shape index (κ3) is 4.02. The number of carbonyl (C=O) groups excluding carboxylic acids is 1. The van der Waals surface area contributed by atoms with Crippen LogP contribution in [-0.4, -0.2) is 54.4 Å². The average molecular weight is 304 g/mol. The minimum absolute atomic E-state index is 0.00226. The highest BCUT2D eigenvalue weighted by Gasteiger charge is 2.49. The molecule has 7 heteroatoms. The van der Waals surface area contributed by atoms with E-state index in [9.17, 15) is 9.59 Å². The Balaban J connectivity index is 2.45. The third-order valence-corrected chi connectivity index (χ3v) is 4.63. The van der Waals surface area contributed by atoms with E-state index in [4.69, 9.17) is 9.84 Å². The molecular formula is C13H24N2O4S. The summed E-state index contributed by atoms with van der Waals surface area (Å²) in [6, 6.07) is -1.27. The van der Waals surface area contributed by atoms with Crippen molar-refractivity contribution in [2.24, 2.45) is 5.41 Å². The van der Waals surface area contributed by atoms with Crippen molar-refractivity contribution in [2.45, 2.75) is 44.9 Å². The summed E-state index contributed by atoms with van der Waals surface area (Å²) in [6.07, 6.45) is 3.19. The van der Waals surface area contributed by atoms with Crippen molar-refractivity contribution >= 4 is 23.8 Å². The summed E-state index contributed by atoms with van der Waals surface area (Å²) in [5, 5.41) is 14.4. The highest BCUT2D eigenvalue weighted by atomic mass is 32.2. The van der Waals surface area contributed by atoms with Crippen LogP contribution >= 0.6 is 11.8 Å². The molecule has 6 nitrogen and oxygen atoms in total. The molecule has 0 spiro atoms. The monoisotopic (exact) mass is 304 g/mol. The molecule has 2 amide bonds. The highest BCUT2D eigenvalue weighted by Crippen LogP contribution is 2.42. The topological polar surface area (TPSA) is 87.7 Å². The molecule has 1 rings (SSSR count). The molecule has 0 aromatic rings. The molecule has 0 saturated heterocycles. The molecule has 116 valence electrons. The third-order valence-electron chi connectivity index (χ3n) is 3.98. The molecule has 3 unspecified atom stereocenters. The Hall–Kier alpha value is -0.950. The van der Waals surface area contributed by atoms with Gasteiger partial charge < -0.3 is 20.5 Å². The Morgan fingerprint density at radius 3 is 2.60 bits per heavy atom. The van der Waals surface area contributed by atoms with Crippen molar-refractivity contribution in [3.05, 3.63) is 0 Å². The van der Waals surface area contributed by atoms with E-state index in [0.717, 1.165) is 6.42 Å². The van der Waals surface area contributed by atoms with Crippen molar-refractivity contribution in [1.82, 2.24) is 10.6 Å². The van der Waals surface area contributed by atoms with E-state index in [1.807, 2.05) is 20.1 Å². The SMILES string of the molecule is COC1CC(NC(=O)NC(CCSC)C(=O)O)C1(C)C. The van der Waals surface area contributed by atoms with Crippen molar-refractivity contribution in [3.63, 3.8) is 0 Å². The van der Waals surface area contributed by atoms with Crippen LogP contribution in [0, 0.1) is 5.41 Å². The van der Waals surface area contributed by atoms with Gasteiger partial charge in [0.15, 0.2) is 0 Å². The van der Waals surface area contributed by atoms with Crippen LogP contribution in [0.5, 0.6) is 0 Å². The fourth-order valence-electron chi connectivity index (χ4n) is 2.38. The van der Waals surface area contributed by atoms with Crippen LogP contribution in [-0.2, 0) is 9.53 Å². The van der Waals surface area contributed by atoms with Gasteiger partial charge in [-0.3, -0.25) is 0 Å². The van der Waals surface area contributed by atoms with Crippen LogP contribution in [0.3, 0.4) is 0 Å². The van der Waals surface area contributed by atoms with Crippen molar-refractivity contribution < 1.29 is 19.4 Å². The number of ether oxygens (including phenoxy) is 1. The number of amides is 2. The number of carbonyl (C=O) groups is 2. The summed E-state index contributed by atoms with van der Waals surface area (Å²) in [4.78, 5) is 22.9. The largest absolute Gasteiger partial charge is 0.480 e. The van der Waals surface area contributed by atoms with E-state index in [1.165, 1.54) is 0 Å². The van der Waals surface area contributed by atoms with Gasteiger partial charge in [0, 0.05) is 18.6 Å². The molecule has 3 atom stereocenters. The van der Waals surface area contributed by atoms with Gasteiger partial charge in [-0.05, 0) is 24.9 Å². The van der Waals surface area contributed by atoms with Gasteiger partial charge in [-0.2, -0.15) is 11.8 Å². The van der Waals surface area contributed by atoms with E-state index in [1.54, 1.807) is 18.9 Å². The maximum Gasteiger partial charge on any atom is 0.326 e. The second-order valence-corrected chi connectivity index (χ2v) is 6.61. The van der Waals surface area contributed by atoms with Crippen LogP contribution in [0.15, 0.2) is 0 Å². The second-order valence-electron chi connectivity index (χ2n) is 5.62. The predicted molar refractivity (Wildman–Crippen MR) is 79.1 cm³/mol. The average Bonchev–Trinajstić information content (AvgIpc) is 2.38. The van der Waals surface area contributed by atoms with Crippen LogP contribution in [0.4, 0.5) is 4.79 Å². The van der Waals surface area contributed by atoms with E-state index in [0.29, 0.717) is 12.2 Å². The first-order valence-electron chi connectivity index (χ1n) is 6.64. The number of carboxylic acids is 1. The molecular weight excluding hydrogens is 280 g/mol. The van der Waals surface area contributed by atoms with Gasteiger partial charge in [0.05, 0.1) is 6.10 Å². The molecule has 1 aliphatic carbocycles. The molecule has 3 N–H and O–H groups in total. The highest BCUT2D eigenvalue weighted by molar-refractivity contribution is 7.98. The Bertz CT molecular complexity index is 362. The number of hydrogen-bond donors (Lipinski definition) is 3. The molecule has 0 bridgehead atoms. The summed E-state index contributed by atoms with van der Waals surface area (Å²) in [5.74, 6) is -0.311. The summed E-state index contributed by atoms with van der Waals surface area (Å²) >= 11 is 1.56. The lowest BCUT2D eigenvalue weighted by Gasteiger charge is -2.51. The van der Waals surface area contributed by atoms with Crippen molar-refractivity contribution in [1.29, 1.82) is 0 Å². The minimum atomic E-state index is -1.00. The Labute approximate surface area is 124 Å². The molecule has 0 radical (unpaired) electrons. The van der Waals surface area contributed by atoms with Crippen LogP contribution in [0.1, 0.15) is 26.7 Å². The Morgan fingerprint density at radius 1 is 1.50 bits per heavy atom. The van der Waals surface area contributed by atoms with Crippen molar-refractivity contribution in [2.75, 3.05) is 19.1 Å². The number of aliphatic carboxylic acids is 1. The number of hydrogen-bond acceptors (Lipinski definition) is 4. The lowest BCUT2D eigenvalue weighted by molar-refractivity contribution is -0.139. The molecule has 0 aromatic heterocycles. The Morgan fingerprint density at radius 2 is 2.15 bits per heavy atom. The van der Waals surface area contributed by atoms with Gasteiger partial charge in [0.2, 0.25) is 0 Å². The van der Waals surface area contributed by atoms with Gasteiger partial charge in [0.25, 0.3) is 0 Å². The lowest BCUT2D eigenvalue weighted by atomic mass is 9.64. The number of rotatable bonds is 7. The van der Waals surface area contributed by atoms with Gasteiger partial charge in [-0.25, -0.2) is 9.59 Å². The van der Waals surface area contributed by atoms with Gasteiger partial charge in [-0.1, -0.05) is 13.8 Å². The number of carboxylic acid groups (broad SMARTS) is 1. The predicted octanol–water partition coefficient (Wildman–Crippen LogP) is 1.31. The van der Waals surface area contributed by atoms with E-state index in [2.05, 4.69) is 10.6 Å². The number of urea groups is 1. The number of nitrogens with one attached hydrogen (secondary N) is 2. The zero-order chi connectivity index (χ0) is 15.3. The zero-order valence-corrected chi connectivity index (χ0v) is 13.3. The van der Waals surface area contributed by atoms with Gasteiger partial charge >= 0.3 is 12.0 Å². The van der Waals surface area contributed by atoms with Crippen LogP contribution < -0.4 is 10.6 Å². The summed E-state index contributed by atoms with van der Waals surface area (Å²) in [5.41, 5.74) is -0.135. The zero-order valence-electron chi connectivity index (χ0n) is 12.4. The molecule has 1 saturated carbocycles. The molecule has 1 fully saturated rings. The first kappa shape index (κ1) is 17.1. The number of methoxy groups -OCH3 is 1. The van der Waals surface area contributed by atoms with Crippen molar-refractivity contribution in [3.8, 4) is 0 Å². The fourth-order valence-corrected chi connectivity index (χ4v) is 2.85. The molecule has 0 aliphatic heterocycles. The fraction of sp³-hybridized carbons (Fsp3) is 0.846. The molecule has 20 heavy (non-hydrogen) atoms. The summed E-state index contributed by atoms with van der Waals surface area (Å²) < 4.78 is 5.32. The van der Waals surface area contributed by atoms with E-state index < -0.39 is 18.0 Å². The van der Waals surface area contributed by atoms with Gasteiger partial charge in [0.1, 0.15) is 6.04 Å². The second kappa shape index (κ2) is 7.17. The van der Waals surface area contributed by atoms with Crippen LogP contribution in [0.25, 0.3) is 0 Å². The van der Waals surface area contributed by atoms with E-state index >= 15 is 0 Å². The quantitative estimate of drug-likeness (QED) is 0.660. The minimum Gasteiger partial charge on any atom is -0.480 e. The van der Waals surface area contributed by atoms with Crippen LogP contribution in [0.2, 0.25) is 0 Å². The maximum atomic E-state index is 11.9. The van der Waals surface area contributed by atoms with Gasteiger partial charge in [-0.15, -0.1) is 0 Å². The first-order chi connectivity index (χ1) is 9.32. The standard InChI is InChI=1S/C13H24N2O4S/c1-13(2)9(7-10(13)19-3)15-12(18)14-8(11(16)17)5-6-20-4/h8-10H,5-7H2,1-4H3,(H,16,17)(H2,14,15,18). The summed E-state index contributed by atoms with van der Waals surface area (Å²) in [7, 11) is 1.66. The summed E-state index contributed by atoms with van der Waals surface area (Å²) in [6.45, 7) is 4.05. The number of thioether (sulfide) groups is 1. The lowest BCUT2D eigenvalue weighted by Crippen LogP contribution is -2.63. The Kier molecular flexibility index (Phi) is 6.13. The smallest absolute Gasteiger partial charge is 0.326 e. The first-order valence-corrected chi connectivity index (χ1v) is 8.03. The normalized spacial score (nSPS) is 25.4. The molecule has 0 heterocycles. The molecule has 1 aliphatic rings. The van der Waals surface area contributed by atoms with E-state index in [-0.39, 0.29) is 17.6 Å².